The van der Waals surface area contributed by atoms with Crippen molar-refractivity contribution in [2.45, 2.75) is 6.92 Å². The second-order valence-electron chi connectivity index (χ2n) is 8.36. The number of amides is 2. The van der Waals surface area contributed by atoms with Crippen LogP contribution in [0.2, 0.25) is 0 Å². The van der Waals surface area contributed by atoms with Gasteiger partial charge in [-0.05, 0) is 37.3 Å². The summed E-state index contributed by atoms with van der Waals surface area (Å²) in [6.45, 7) is 4.72. The maximum atomic E-state index is 13.5. The molecule has 0 unspecified atom stereocenters. The molecule has 3 aromatic carbocycles. The smallest absolute Gasteiger partial charge is 0.272 e. The molecular formula is C27H26N4O2. The summed E-state index contributed by atoms with van der Waals surface area (Å²) in [5.41, 5.74) is 4.52. The van der Waals surface area contributed by atoms with Gasteiger partial charge in [-0.25, -0.2) is 0 Å². The lowest BCUT2D eigenvalue weighted by atomic mass is 10.1. The third-order valence-electron chi connectivity index (χ3n) is 6.13. The Hall–Kier alpha value is -4.06. The van der Waals surface area contributed by atoms with Gasteiger partial charge in [0.25, 0.3) is 11.8 Å². The highest BCUT2D eigenvalue weighted by Gasteiger charge is 2.27. The van der Waals surface area contributed by atoms with Crippen LogP contribution in [0, 0.1) is 6.92 Å². The summed E-state index contributed by atoms with van der Waals surface area (Å²) in [5.74, 6) is -0.329. The van der Waals surface area contributed by atoms with Gasteiger partial charge in [0.15, 0.2) is 0 Å². The van der Waals surface area contributed by atoms with Gasteiger partial charge in [0.1, 0.15) is 5.69 Å². The van der Waals surface area contributed by atoms with Crippen molar-refractivity contribution in [2.24, 2.45) is 0 Å². The summed E-state index contributed by atoms with van der Waals surface area (Å²) >= 11 is 0. The number of benzene rings is 3. The van der Waals surface area contributed by atoms with E-state index in [1.54, 1.807) is 6.07 Å². The van der Waals surface area contributed by atoms with Crippen LogP contribution in [0.15, 0.2) is 78.9 Å². The van der Waals surface area contributed by atoms with Crippen LogP contribution in [0.3, 0.4) is 0 Å². The van der Waals surface area contributed by atoms with Crippen molar-refractivity contribution in [3.8, 4) is 0 Å². The van der Waals surface area contributed by atoms with Crippen LogP contribution in [0.1, 0.15) is 26.4 Å². The standard InChI is InChI=1S/C27H26N4O2/c1-19-8-7-9-20(18-19)26(32)29-24-22-12-5-6-13-23(22)28-25(24)27(33)31-16-14-30(15-17-31)21-10-3-2-4-11-21/h2-13,18,28H,14-17H2,1H3,(H,29,32). The maximum Gasteiger partial charge on any atom is 0.272 e. The molecule has 0 saturated carbocycles. The van der Waals surface area contributed by atoms with Crippen molar-refractivity contribution in [1.82, 2.24) is 9.88 Å². The van der Waals surface area contributed by atoms with Crippen LogP contribution in [0.25, 0.3) is 10.9 Å². The van der Waals surface area contributed by atoms with Gasteiger partial charge in [-0.15, -0.1) is 0 Å². The number of para-hydroxylation sites is 2. The molecule has 1 saturated heterocycles. The minimum absolute atomic E-state index is 0.0987. The lowest BCUT2D eigenvalue weighted by Crippen LogP contribution is -2.49. The number of nitrogens with one attached hydrogen (secondary N) is 2. The van der Waals surface area contributed by atoms with Crippen molar-refractivity contribution >= 4 is 34.1 Å². The topological polar surface area (TPSA) is 68.4 Å². The predicted molar refractivity (Wildman–Crippen MR) is 132 cm³/mol. The summed E-state index contributed by atoms with van der Waals surface area (Å²) in [5, 5.41) is 3.83. The van der Waals surface area contributed by atoms with Crippen molar-refractivity contribution in [3.05, 3.63) is 95.7 Å². The highest BCUT2D eigenvalue weighted by Crippen LogP contribution is 2.30. The third kappa shape index (κ3) is 4.20. The Kier molecular flexibility index (Phi) is 5.57. The van der Waals surface area contributed by atoms with E-state index in [1.807, 2.05) is 72.5 Å². The van der Waals surface area contributed by atoms with Gasteiger partial charge in [-0.2, -0.15) is 0 Å². The fourth-order valence-electron chi connectivity index (χ4n) is 4.37. The van der Waals surface area contributed by atoms with Gasteiger partial charge in [-0.1, -0.05) is 54.1 Å². The summed E-state index contributed by atoms with van der Waals surface area (Å²) in [6, 6.07) is 25.3. The molecule has 1 aliphatic heterocycles. The van der Waals surface area contributed by atoms with Crippen molar-refractivity contribution in [1.29, 1.82) is 0 Å². The SMILES string of the molecule is Cc1cccc(C(=O)Nc2c(C(=O)N3CCN(c4ccccc4)CC3)[nH]c3ccccc23)c1. The molecule has 0 spiro atoms. The number of anilines is 2. The van der Waals surface area contributed by atoms with E-state index in [0.717, 1.165) is 29.6 Å². The molecule has 166 valence electrons. The Balaban J connectivity index is 1.40. The zero-order valence-electron chi connectivity index (χ0n) is 18.5. The van der Waals surface area contributed by atoms with Crippen LogP contribution < -0.4 is 10.2 Å². The van der Waals surface area contributed by atoms with Gasteiger partial charge < -0.3 is 20.1 Å². The molecule has 6 heteroatoms. The van der Waals surface area contributed by atoms with E-state index in [0.29, 0.717) is 30.0 Å². The van der Waals surface area contributed by atoms with E-state index in [2.05, 4.69) is 27.3 Å². The average molecular weight is 439 g/mol. The summed E-state index contributed by atoms with van der Waals surface area (Å²) in [7, 11) is 0. The van der Waals surface area contributed by atoms with Crippen LogP contribution in [0.5, 0.6) is 0 Å². The Morgan fingerprint density at radius 3 is 2.33 bits per heavy atom. The highest BCUT2D eigenvalue weighted by molar-refractivity contribution is 6.15. The van der Waals surface area contributed by atoms with Crippen LogP contribution in [-0.4, -0.2) is 47.9 Å². The number of aromatic amines is 1. The van der Waals surface area contributed by atoms with Gasteiger partial charge in [-0.3, -0.25) is 9.59 Å². The number of hydrogen-bond acceptors (Lipinski definition) is 3. The van der Waals surface area contributed by atoms with Crippen molar-refractivity contribution in [3.63, 3.8) is 0 Å². The van der Waals surface area contributed by atoms with Crippen LogP contribution in [-0.2, 0) is 0 Å². The van der Waals surface area contributed by atoms with E-state index < -0.39 is 0 Å². The highest BCUT2D eigenvalue weighted by atomic mass is 16.2. The number of piperazine rings is 1. The van der Waals surface area contributed by atoms with Crippen molar-refractivity contribution < 1.29 is 9.59 Å². The molecule has 5 rings (SSSR count). The first kappa shape index (κ1) is 20.8. The largest absolute Gasteiger partial charge is 0.368 e. The zero-order valence-corrected chi connectivity index (χ0v) is 18.5. The molecule has 6 nitrogen and oxygen atoms in total. The summed E-state index contributed by atoms with van der Waals surface area (Å²) < 4.78 is 0. The van der Waals surface area contributed by atoms with E-state index in [9.17, 15) is 9.59 Å². The van der Waals surface area contributed by atoms with E-state index in [1.165, 1.54) is 5.69 Å². The number of H-pyrrole nitrogens is 1. The quantitative estimate of drug-likeness (QED) is 0.486. The Morgan fingerprint density at radius 1 is 0.848 bits per heavy atom. The molecule has 0 radical (unpaired) electrons. The second kappa shape index (κ2) is 8.82. The molecule has 4 aromatic rings. The molecule has 1 fully saturated rings. The van der Waals surface area contributed by atoms with E-state index in [4.69, 9.17) is 0 Å². The predicted octanol–water partition coefficient (Wildman–Crippen LogP) is 4.69. The molecule has 2 amide bonds. The first-order chi connectivity index (χ1) is 16.1. The minimum atomic E-state index is -0.230. The van der Waals surface area contributed by atoms with Crippen LogP contribution in [0.4, 0.5) is 11.4 Å². The number of nitrogens with zero attached hydrogens (tertiary/aromatic N) is 2. The number of hydrogen-bond donors (Lipinski definition) is 2. The van der Waals surface area contributed by atoms with Crippen LogP contribution >= 0.6 is 0 Å². The third-order valence-corrected chi connectivity index (χ3v) is 6.13. The number of carbonyl (C=O) groups excluding carboxylic acids is 2. The molecular weight excluding hydrogens is 412 g/mol. The monoisotopic (exact) mass is 438 g/mol. The first-order valence-corrected chi connectivity index (χ1v) is 11.2. The van der Waals surface area contributed by atoms with Gasteiger partial charge in [0.2, 0.25) is 0 Å². The number of rotatable bonds is 4. The number of aromatic nitrogens is 1. The normalized spacial score (nSPS) is 13.8. The van der Waals surface area contributed by atoms with Gasteiger partial charge in [0, 0.05) is 48.3 Å². The molecule has 2 heterocycles. The maximum absolute atomic E-state index is 13.5. The van der Waals surface area contributed by atoms with Gasteiger partial charge >= 0.3 is 0 Å². The second-order valence-corrected chi connectivity index (χ2v) is 8.36. The average Bonchev–Trinajstić information content (AvgIpc) is 3.22. The molecule has 0 aliphatic carbocycles. The molecule has 0 bridgehead atoms. The molecule has 2 N–H and O–H groups in total. The Labute approximate surface area is 192 Å². The van der Waals surface area contributed by atoms with E-state index in [-0.39, 0.29) is 11.8 Å². The Bertz CT molecular complexity index is 1300. The number of fused-ring (bicyclic) bond motifs is 1. The molecule has 33 heavy (non-hydrogen) atoms. The number of aryl methyl sites for hydroxylation is 1. The van der Waals surface area contributed by atoms with Gasteiger partial charge in [0.05, 0.1) is 5.69 Å². The van der Waals surface area contributed by atoms with Crippen molar-refractivity contribution in [2.75, 3.05) is 36.4 Å². The Morgan fingerprint density at radius 2 is 1.58 bits per heavy atom. The lowest BCUT2D eigenvalue weighted by Gasteiger charge is -2.36. The minimum Gasteiger partial charge on any atom is -0.368 e. The lowest BCUT2D eigenvalue weighted by molar-refractivity contribution is 0.0743. The molecule has 1 aliphatic rings. The summed E-state index contributed by atoms with van der Waals surface area (Å²) in [6.07, 6.45) is 0. The number of carbonyl (C=O) groups is 2. The molecule has 1 aromatic heterocycles. The fourth-order valence-corrected chi connectivity index (χ4v) is 4.37. The fraction of sp³-hybridized carbons (Fsp3) is 0.185. The van der Waals surface area contributed by atoms with E-state index >= 15 is 0 Å². The summed E-state index contributed by atoms with van der Waals surface area (Å²) in [4.78, 5) is 33.9. The molecule has 0 atom stereocenters. The zero-order chi connectivity index (χ0) is 22.8. The first-order valence-electron chi connectivity index (χ1n) is 11.2.